The second-order valence-electron chi connectivity index (χ2n) is 14.9. The standard InChI is InChI=1S/C39H44N2O13/c1-18-32(44)23(40-37(49)52-17-19-9-11-20(12-10-19)41-38(2,3)4)13-27(53-18)54-25-15-39(50,26(43)16-42)14-22-29(25)36(48)31-30(34(22)46)33(45)21-7-6-8-24(51-5)28(21)35(31)47/h6-12,18,23,25,27,32,41-42,44,46,48,50H,13-17H2,1-5H3,(H,40,49)/t18-,23-,25-,27-,32+,39-/m0/s1. The fraction of sp³-hybridized carbons (Fsp3) is 0.436. The highest BCUT2D eigenvalue weighted by atomic mass is 16.7. The van der Waals surface area contributed by atoms with E-state index in [-0.39, 0.29) is 46.6 Å². The number of Topliss-reactive ketones (excluding diaryl/α,β-unsaturated/α-hetero) is 1. The molecule has 3 aromatic rings. The van der Waals surface area contributed by atoms with Gasteiger partial charge >= 0.3 is 6.09 Å². The van der Waals surface area contributed by atoms with Crippen molar-refractivity contribution in [3.8, 4) is 17.2 Å². The number of carbonyl (C=O) groups is 4. The van der Waals surface area contributed by atoms with Gasteiger partial charge in [0.1, 0.15) is 42.2 Å². The molecule has 0 radical (unpaired) electrons. The number of anilines is 1. The number of carbonyl (C=O) groups excluding carboxylic acids is 4. The number of phenolic OH excluding ortho intramolecular Hbond substituents is 2. The molecule has 0 aromatic heterocycles. The molecular weight excluding hydrogens is 704 g/mol. The maximum absolute atomic E-state index is 13.9. The lowest BCUT2D eigenvalue weighted by Gasteiger charge is -2.42. The van der Waals surface area contributed by atoms with Crippen molar-refractivity contribution in [3.05, 3.63) is 81.4 Å². The molecule has 2 aliphatic carbocycles. The summed E-state index contributed by atoms with van der Waals surface area (Å²) < 4.78 is 22.9. The molecule has 15 heteroatoms. The fourth-order valence-electron chi connectivity index (χ4n) is 7.32. The SMILES string of the molecule is COc1cccc2c1C(=O)c1c(O)c3c(c(O)c1C2=O)C[C@@](O)(C(=O)CO)C[C@@H]3O[C@H]1C[C@H](NC(=O)OCc2ccc(NC(C)(C)C)cc2)[C@H](O)[C@H](C)O1. The number of hydrogen-bond acceptors (Lipinski definition) is 14. The van der Waals surface area contributed by atoms with Gasteiger partial charge in [0, 0.05) is 47.2 Å². The van der Waals surface area contributed by atoms with Gasteiger partial charge in [0.05, 0.1) is 42.0 Å². The summed E-state index contributed by atoms with van der Waals surface area (Å²) in [6, 6.07) is 10.7. The van der Waals surface area contributed by atoms with E-state index in [1.807, 2.05) is 45.0 Å². The third-order valence-electron chi connectivity index (χ3n) is 9.91. The van der Waals surface area contributed by atoms with Crippen molar-refractivity contribution in [2.75, 3.05) is 19.0 Å². The minimum absolute atomic E-state index is 0.0581. The Morgan fingerprint density at radius 2 is 1.69 bits per heavy atom. The Bertz CT molecular complexity index is 1990. The molecule has 288 valence electrons. The summed E-state index contributed by atoms with van der Waals surface area (Å²) in [4.78, 5) is 53.5. The van der Waals surface area contributed by atoms with E-state index < -0.39 is 102 Å². The second kappa shape index (κ2) is 14.6. The molecule has 3 aliphatic rings. The van der Waals surface area contributed by atoms with Gasteiger partial charge in [0.2, 0.25) is 5.78 Å². The lowest BCUT2D eigenvalue weighted by molar-refractivity contribution is -0.249. The molecule has 0 saturated carbocycles. The number of nitrogens with one attached hydrogen (secondary N) is 2. The van der Waals surface area contributed by atoms with Gasteiger partial charge in [-0.2, -0.15) is 0 Å². The van der Waals surface area contributed by atoms with Gasteiger partial charge in [0.15, 0.2) is 17.9 Å². The van der Waals surface area contributed by atoms with Gasteiger partial charge in [-0.3, -0.25) is 14.4 Å². The summed E-state index contributed by atoms with van der Waals surface area (Å²) in [7, 11) is 1.31. The normalized spacial score (nSPS) is 24.9. The lowest BCUT2D eigenvalue weighted by atomic mass is 9.72. The number of alkyl carbamates (subject to hydrolysis) is 1. The average molecular weight is 749 g/mol. The van der Waals surface area contributed by atoms with Crippen molar-refractivity contribution in [1.82, 2.24) is 5.32 Å². The summed E-state index contributed by atoms with van der Waals surface area (Å²) >= 11 is 0. The van der Waals surface area contributed by atoms with Gasteiger partial charge in [-0.15, -0.1) is 0 Å². The van der Waals surface area contributed by atoms with Crippen LogP contribution in [-0.2, 0) is 32.0 Å². The van der Waals surface area contributed by atoms with Crippen LogP contribution in [0.15, 0.2) is 42.5 Å². The number of phenols is 2. The molecule has 54 heavy (non-hydrogen) atoms. The van der Waals surface area contributed by atoms with Gasteiger partial charge < -0.3 is 55.1 Å². The third kappa shape index (κ3) is 7.24. The Balaban J connectivity index is 1.26. The first-order valence-corrected chi connectivity index (χ1v) is 17.5. The van der Waals surface area contributed by atoms with Crippen LogP contribution < -0.4 is 15.4 Å². The third-order valence-corrected chi connectivity index (χ3v) is 9.91. The number of aliphatic hydroxyl groups is 3. The van der Waals surface area contributed by atoms with Crippen molar-refractivity contribution in [2.45, 2.75) is 95.3 Å². The van der Waals surface area contributed by atoms with E-state index in [4.69, 9.17) is 18.9 Å². The van der Waals surface area contributed by atoms with Crippen LogP contribution in [0, 0.1) is 0 Å². The second-order valence-corrected chi connectivity index (χ2v) is 14.9. The summed E-state index contributed by atoms with van der Waals surface area (Å²) in [5, 5.41) is 61.5. The zero-order valence-corrected chi connectivity index (χ0v) is 30.5. The fourth-order valence-corrected chi connectivity index (χ4v) is 7.32. The number of ketones is 3. The smallest absolute Gasteiger partial charge is 0.407 e. The lowest BCUT2D eigenvalue weighted by Crippen LogP contribution is -2.56. The molecule has 1 fully saturated rings. The molecule has 0 spiro atoms. The van der Waals surface area contributed by atoms with E-state index in [9.17, 15) is 44.7 Å². The first-order valence-electron chi connectivity index (χ1n) is 17.5. The number of aromatic hydroxyl groups is 2. The molecule has 1 aliphatic heterocycles. The van der Waals surface area contributed by atoms with Gasteiger partial charge in [-0.05, 0) is 51.5 Å². The largest absolute Gasteiger partial charge is 0.507 e. The van der Waals surface area contributed by atoms with E-state index in [0.717, 1.165) is 11.3 Å². The number of ether oxygens (including phenoxy) is 4. The molecule has 0 bridgehead atoms. The topological polar surface area (TPSA) is 230 Å². The predicted octanol–water partition coefficient (Wildman–Crippen LogP) is 3.18. The molecular formula is C39H44N2O13. The number of aliphatic hydroxyl groups excluding tert-OH is 2. The number of amides is 1. The Hall–Kier alpha value is -5.06. The highest BCUT2D eigenvalue weighted by Gasteiger charge is 2.50. The Morgan fingerprint density at radius 3 is 2.33 bits per heavy atom. The maximum Gasteiger partial charge on any atom is 0.407 e. The monoisotopic (exact) mass is 748 g/mol. The van der Waals surface area contributed by atoms with E-state index >= 15 is 0 Å². The quantitative estimate of drug-likeness (QED) is 0.122. The predicted molar refractivity (Wildman–Crippen MR) is 191 cm³/mol. The van der Waals surface area contributed by atoms with E-state index in [1.54, 1.807) is 0 Å². The molecule has 15 nitrogen and oxygen atoms in total. The maximum atomic E-state index is 13.9. The van der Waals surface area contributed by atoms with Crippen LogP contribution in [0.25, 0.3) is 0 Å². The van der Waals surface area contributed by atoms with Crippen molar-refractivity contribution >= 4 is 29.1 Å². The van der Waals surface area contributed by atoms with E-state index in [2.05, 4.69) is 10.6 Å². The number of hydrogen-bond donors (Lipinski definition) is 7. The highest BCUT2D eigenvalue weighted by molar-refractivity contribution is 6.31. The Kier molecular flexibility index (Phi) is 10.5. The van der Waals surface area contributed by atoms with Crippen molar-refractivity contribution in [1.29, 1.82) is 0 Å². The van der Waals surface area contributed by atoms with Crippen molar-refractivity contribution < 1.29 is 63.7 Å². The Morgan fingerprint density at radius 1 is 1.00 bits per heavy atom. The van der Waals surface area contributed by atoms with Crippen LogP contribution in [0.4, 0.5) is 10.5 Å². The molecule has 7 N–H and O–H groups in total. The number of fused-ring (bicyclic) bond motifs is 3. The van der Waals surface area contributed by atoms with Crippen molar-refractivity contribution in [2.24, 2.45) is 0 Å². The molecule has 3 aromatic carbocycles. The van der Waals surface area contributed by atoms with Crippen LogP contribution in [0.3, 0.4) is 0 Å². The number of benzene rings is 3. The van der Waals surface area contributed by atoms with Crippen molar-refractivity contribution in [3.63, 3.8) is 0 Å². The van der Waals surface area contributed by atoms with Crippen LogP contribution in [-0.4, -0.2) is 98.4 Å². The van der Waals surface area contributed by atoms with Gasteiger partial charge in [-0.1, -0.05) is 24.3 Å². The van der Waals surface area contributed by atoms with Crippen LogP contribution in [0.2, 0.25) is 0 Å². The summed E-state index contributed by atoms with van der Waals surface area (Å²) in [6.07, 6.45) is -7.06. The van der Waals surface area contributed by atoms with E-state index in [0.29, 0.717) is 0 Å². The minimum atomic E-state index is -2.34. The molecule has 6 atom stereocenters. The molecule has 1 heterocycles. The van der Waals surface area contributed by atoms with Gasteiger partial charge in [-0.25, -0.2) is 4.79 Å². The molecule has 6 rings (SSSR count). The number of methoxy groups -OCH3 is 1. The molecule has 1 amide bonds. The molecule has 0 unspecified atom stereocenters. The zero-order valence-electron chi connectivity index (χ0n) is 30.5. The zero-order chi connectivity index (χ0) is 39.3. The highest BCUT2D eigenvalue weighted by Crippen LogP contribution is 2.52. The van der Waals surface area contributed by atoms with Gasteiger partial charge in [0.25, 0.3) is 0 Å². The van der Waals surface area contributed by atoms with Crippen LogP contribution >= 0.6 is 0 Å². The first-order chi connectivity index (χ1) is 25.5. The molecule has 1 saturated heterocycles. The Labute approximate surface area is 310 Å². The van der Waals surface area contributed by atoms with Crippen LogP contribution in [0.1, 0.15) is 95.2 Å². The van der Waals surface area contributed by atoms with Crippen LogP contribution in [0.5, 0.6) is 17.2 Å². The van der Waals surface area contributed by atoms with E-state index in [1.165, 1.54) is 32.2 Å². The number of rotatable bonds is 9. The average Bonchev–Trinajstić information content (AvgIpc) is 3.12. The minimum Gasteiger partial charge on any atom is -0.507 e. The summed E-state index contributed by atoms with van der Waals surface area (Å²) in [6.45, 7) is 6.50. The first kappa shape index (κ1) is 38.7. The summed E-state index contributed by atoms with van der Waals surface area (Å²) in [5.41, 5.74) is -2.54. The summed E-state index contributed by atoms with van der Waals surface area (Å²) in [5.74, 6) is -4.05.